The molecule has 1 heterocycles. The molecule has 1 saturated heterocycles. The highest BCUT2D eigenvalue weighted by molar-refractivity contribution is 6.30. The molecule has 136 valence electrons. The van der Waals surface area contributed by atoms with Crippen molar-refractivity contribution in [2.45, 2.75) is 6.04 Å². The fourth-order valence-electron chi connectivity index (χ4n) is 3.02. The van der Waals surface area contributed by atoms with E-state index in [1.54, 1.807) is 47.4 Å². The van der Waals surface area contributed by atoms with Gasteiger partial charge in [0.15, 0.2) is 0 Å². The lowest BCUT2D eigenvalue weighted by Gasteiger charge is -2.15. The Morgan fingerprint density at radius 2 is 1.67 bits per heavy atom. The molecule has 1 aliphatic heterocycles. The molecule has 3 aromatic rings. The molecule has 2 amide bonds. The van der Waals surface area contributed by atoms with E-state index < -0.39 is 0 Å². The summed E-state index contributed by atoms with van der Waals surface area (Å²) in [5.74, 6) is 1.55. The van der Waals surface area contributed by atoms with Gasteiger partial charge in [-0.25, -0.2) is 4.79 Å². The van der Waals surface area contributed by atoms with Crippen LogP contribution in [0.1, 0.15) is 11.6 Å². The van der Waals surface area contributed by atoms with E-state index in [4.69, 9.17) is 16.3 Å². The first-order valence-electron chi connectivity index (χ1n) is 8.49. The SMILES string of the molecule is O=C1N[C@@H](c2cccc(O)c2)CN1c1ccc(Oc2ccc(Cl)cc2)cc1. The number of benzene rings is 3. The minimum absolute atomic E-state index is 0.172. The zero-order valence-corrected chi connectivity index (χ0v) is 15.1. The van der Waals surface area contributed by atoms with Crippen molar-refractivity contribution in [1.82, 2.24) is 5.32 Å². The van der Waals surface area contributed by atoms with Crippen molar-refractivity contribution in [3.63, 3.8) is 0 Å². The minimum Gasteiger partial charge on any atom is -0.508 e. The largest absolute Gasteiger partial charge is 0.508 e. The fraction of sp³-hybridized carbons (Fsp3) is 0.0952. The standard InChI is InChI=1S/C21H17ClN2O3/c22-15-4-8-18(9-5-15)27-19-10-6-16(7-11-19)24-13-20(23-21(24)26)14-2-1-3-17(25)12-14/h1-12,20,25H,13H2,(H,23,26)/t20-/m1/s1. The van der Waals surface area contributed by atoms with Crippen LogP contribution in [0.5, 0.6) is 17.2 Å². The summed E-state index contributed by atoms with van der Waals surface area (Å²) in [6, 6.07) is 21.0. The van der Waals surface area contributed by atoms with Crippen LogP contribution in [0.4, 0.5) is 10.5 Å². The van der Waals surface area contributed by atoms with Crippen LogP contribution in [0.3, 0.4) is 0 Å². The lowest BCUT2D eigenvalue weighted by Crippen LogP contribution is -2.27. The monoisotopic (exact) mass is 380 g/mol. The molecule has 2 N–H and O–H groups in total. The van der Waals surface area contributed by atoms with Gasteiger partial charge in [0, 0.05) is 10.7 Å². The Morgan fingerprint density at radius 1 is 1.00 bits per heavy atom. The van der Waals surface area contributed by atoms with Gasteiger partial charge in [-0.15, -0.1) is 0 Å². The van der Waals surface area contributed by atoms with E-state index in [1.807, 2.05) is 30.3 Å². The van der Waals surface area contributed by atoms with E-state index >= 15 is 0 Å². The lowest BCUT2D eigenvalue weighted by molar-refractivity contribution is 0.251. The summed E-state index contributed by atoms with van der Waals surface area (Å²) in [7, 11) is 0. The van der Waals surface area contributed by atoms with Crippen molar-refractivity contribution in [2.75, 3.05) is 11.4 Å². The van der Waals surface area contributed by atoms with Crippen molar-refractivity contribution < 1.29 is 14.6 Å². The number of rotatable bonds is 4. The topological polar surface area (TPSA) is 61.8 Å². The first-order valence-corrected chi connectivity index (χ1v) is 8.87. The molecule has 27 heavy (non-hydrogen) atoms. The molecular weight excluding hydrogens is 364 g/mol. The van der Waals surface area contributed by atoms with Crippen molar-refractivity contribution in [1.29, 1.82) is 0 Å². The van der Waals surface area contributed by atoms with Gasteiger partial charge in [0.2, 0.25) is 0 Å². The summed E-state index contributed by atoms with van der Waals surface area (Å²) in [6.45, 7) is 0.486. The molecule has 1 atom stereocenters. The van der Waals surface area contributed by atoms with Gasteiger partial charge < -0.3 is 15.2 Å². The first-order chi connectivity index (χ1) is 13.1. The molecule has 0 bridgehead atoms. The number of halogens is 1. The van der Waals surface area contributed by atoms with Crippen LogP contribution >= 0.6 is 11.6 Å². The third-order valence-electron chi connectivity index (χ3n) is 4.38. The summed E-state index contributed by atoms with van der Waals surface area (Å²) in [5.41, 5.74) is 1.65. The van der Waals surface area contributed by atoms with E-state index in [0.29, 0.717) is 23.1 Å². The van der Waals surface area contributed by atoms with E-state index in [1.165, 1.54) is 0 Å². The predicted octanol–water partition coefficient (Wildman–Crippen LogP) is 5.11. The number of hydrogen-bond acceptors (Lipinski definition) is 3. The second-order valence-electron chi connectivity index (χ2n) is 6.26. The molecule has 3 aromatic carbocycles. The predicted molar refractivity (Wildman–Crippen MR) is 105 cm³/mol. The van der Waals surface area contributed by atoms with Crippen molar-refractivity contribution in [2.24, 2.45) is 0 Å². The number of nitrogens with zero attached hydrogens (tertiary/aromatic N) is 1. The number of nitrogens with one attached hydrogen (secondary N) is 1. The average molecular weight is 381 g/mol. The summed E-state index contributed by atoms with van der Waals surface area (Å²) in [4.78, 5) is 14.0. The third kappa shape index (κ3) is 3.83. The molecule has 0 saturated carbocycles. The molecule has 6 heteroatoms. The highest BCUT2D eigenvalue weighted by atomic mass is 35.5. The molecule has 0 spiro atoms. The van der Waals surface area contributed by atoms with Crippen LogP contribution in [0.2, 0.25) is 5.02 Å². The van der Waals surface area contributed by atoms with Crippen molar-refractivity contribution in [3.05, 3.63) is 83.4 Å². The Balaban J connectivity index is 1.47. The van der Waals surface area contributed by atoms with Crippen LogP contribution in [0.15, 0.2) is 72.8 Å². The van der Waals surface area contributed by atoms with Gasteiger partial charge in [0.1, 0.15) is 17.2 Å². The molecule has 0 radical (unpaired) electrons. The molecule has 0 aliphatic carbocycles. The fourth-order valence-corrected chi connectivity index (χ4v) is 3.15. The van der Waals surface area contributed by atoms with Gasteiger partial charge in [-0.2, -0.15) is 0 Å². The van der Waals surface area contributed by atoms with Gasteiger partial charge in [0.25, 0.3) is 0 Å². The van der Waals surface area contributed by atoms with Crippen LogP contribution in [-0.4, -0.2) is 17.7 Å². The quantitative estimate of drug-likeness (QED) is 0.661. The molecule has 0 unspecified atom stereocenters. The zero-order chi connectivity index (χ0) is 18.8. The second kappa shape index (κ2) is 7.21. The number of carbonyl (C=O) groups is 1. The summed E-state index contributed by atoms with van der Waals surface area (Å²) >= 11 is 5.87. The van der Waals surface area contributed by atoms with Crippen LogP contribution in [-0.2, 0) is 0 Å². The number of phenols is 1. The number of ether oxygens (including phenoxy) is 1. The van der Waals surface area contributed by atoms with Gasteiger partial charge in [-0.05, 0) is 66.2 Å². The number of hydrogen-bond donors (Lipinski definition) is 2. The van der Waals surface area contributed by atoms with Crippen LogP contribution in [0.25, 0.3) is 0 Å². The Kier molecular flexibility index (Phi) is 4.60. The highest BCUT2D eigenvalue weighted by Crippen LogP contribution is 2.30. The maximum absolute atomic E-state index is 12.4. The summed E-state index contributed by atoms with van der Waals surface area (Å²) in [6.07, 6.45) is 0. The zero-order valence-electron chi connectivity index (χ0n) is 14.3. The van der Waals surface area contributed by atoms with Gasteiger partial charge >= 0.3 is 6.03 Å². The normalized spacial score (nSPS) is 16.3. The van der Waals surface area contributed by atoms with E-state index in [2.05, 4.69) is 5.32 Å². The Morgan fingerprint density at radius 3 is 2.33 bits per heavy atom. The molecule has 4 rings (SSSR count). The molecule has 1 aliphatic rings. The Labute approximate surface area is 161 Å². The number of carbonyl (C=O) groups excluding carboxylic acids is 1. The third-order valence-corrected chi connectivity index (χ3v) is 4.63. The molecular formula is C21H17ClN2O3. The van der Waals surface area contributed by atoms with Crippen LogP contribution in [0, 0.1) is 0 Å². The number of anilines is 1. The lowest BCUT2D eigenvalue weighted by atomic mass is 10.1. The van der Waals surface area contributed by atoms with E-state index in [0.717, 1.165) is 11.3 Å². The maximum Gasteiger partial charge on any atom is 0.322 e. The highest BCUT2D eigenvalue weighted by Gasteiger charge is 2.30. The maximum atomic E-state index is 12.4. The number of urea groups is 1. The smallest absolute Gasteiger partial charge is 0.322 e. The van der Waals surface area contributed by atoms with Crippen molar-refractivity contribution >= 4 is 23.3 Å². The van der Waals surface area contributed by atoms with Gasteiger partial charge in [0.05, 0.1) is 12.6 Å². The first kappa shape index (κ1) is 17.2. The van der Waals surface area contributed by atoms with Crippen molar-refractivity contribution in [3.8, 4) is 17.2 Å². The number of phenolic OH excluding ortho intramolecular Hbond substituents is 1. The van der Waals surface area contributed by atoms with Gasteiger partial charge in [-0.1, -0.05) is 23.7 Å². The molecule has 5 nitrogen and oxygen atoms in total. The van der Waals surface area contributed by atoms with Gasteiger partial charge in [-0.3, -0.25) is 4.90 Å². The molecule has 1 fully saturated rings. The Bertz CT molecular complexity index is 958. The summed E-state index contributed by atoms with van der Waals surface area (Å²) < 4.78 is 5.78. The van der Waals surface area contributed by atoms with E-state index in [9.17, 15) is 9.90 Å². The minimum atomic E-state index is -0.172. The molecule has 0 aromatic heterocycles. The second-order valence-corrected chi connectivity index (χ2v) is 6.69. The van der Waals surface area contributed by atoms with Crippen LogP contribution < -0.4 is 15.0 Å². The Hall–Kier alpha value is -3.18. The van der Waals surface area contributed by atoms with E-state index in [-0.39, 0.29) is 17.8 Å². The average Bonchev–Trinajstić information content (AvgIpc) is 3.06. The summed E-state index contributed by atoms with van der Waals surface area (Å²) in [5, 5.41) is 13.2. The number of aromatic hydroxyl groups is 1. The number of amides is 2.